The van der Waals surface area contributed by atoms with E-state index >= 15 is 0 Å². The minimum Gasteiger partial charge on any atom is -0.464 e. The lowest BCUT2D eigenvalue weighted by Gasteiger charge is -1.98. The second kappa shape index (κ2) is 3.92. The van der Waals surface area contributed by atoms with Gasteiger partial charge in [-0.15, -0.1) is 0 Å². The average Bonchev–Trinajstić information content (AvgIpc) is 2.70. The van der Waals surface area contributed by atoms with E-state index in [9.17, 15) is 4.79 Å². The number of aromatic amines is 1. The molecule has 0 aromatic carbocycles. The fraction of sp³-hybridized carbons (Fsp3) is 0.364. The first-order chi connectivity index (χ1) is 7.61. The van der Waals surface area contributed by atoms with Crippen molar-refractivity contribution in [1.82, 2.24) is 15.0 Å². The number of hydrogen-bond donors (Lipinski definition) is 1. The number of nitrogens with zero attached hydrogens (tertiary/aromatic N) is 2. The number of aromatic nitrogens is 3. The molecule has 0 spiro atoms. The van der Waals surface area contributed by atoms with Crippen molar-refractivity contribution in [3.63, 3.8) is 0 Å². The van der Waals surface area contributed by atoms with E-state index in [1.165, 1.54) is 13.3 Å². The molecule has 0 bridgehead atoms. The zero-order chi connectivity index (χ0) is 11.7. The molecule has 0 radical (unpaired) electrons. The Balaban J connectivity index is 2.49. The first-order valence-corrected chi connectivity index (χ1v) is 5.05. The molecule has 0 amide bonds. The third-order valence-electron chi connectivity index (χ3n) is 2.37. The Labute approximate surface area is 92.9 Å². The molecule has 0 aliphatic carbocycles. The van der Waals surface area contributed by atoms with E-state index in [0.29, 0.717) is 11.6 Å². The summed E-state index contributed by atoms with van der Waals surface area (Å²) < 4.78 is 4.58. The summed E-state index contributed by atoms with van der Waals surface area (Å²) in [5.41, 5.74) is 2.65. The van der Waals surface area contributed by atoms with Gasteiger partial charge >= 0.3 is 5.97 Å². The molecule has 2 aromatic rings. The Morgan fingerprint density at radius 1 is 1.50 bits per heavy atom. The number of rotatable bonds is 2. The van der Waals surface area contributed by atoms with Gasteiger partial charge in [0.25, 0.3) is 0 Å². The van der Waals surface area contributed by atoms with Gasteiger partial charge < -0.3 is 9.72 Å². The highest BCUT2D eigenvalue weighted by atomic mass is 16.5. The number of carbonyl (C=O) groups is 1. The van der Waals surface area contributed by atoms with Gasteiger partial charge in [-0.3, -0.25) is 4.98 Å². The van der Waals surface area contributed by atoms with Gasteiger partial charge in [0.05, 0.1) is 13.3 Å². The lowest BCUT2D eigenvalue weighted by molar-refractivity contribution is 0.0594. The second-order valence-corrected chi connectivity index (χ2v) is 3.86. The molecule has 0 saturated heterocycles. The molecule has 0 unspecified atom stereocenters. The Bertz CT molecular complexity index is 531. The zero-order valence-corrected chi connectivity index (χ0v) is 9.44. The highest BCUT2D eigenvalue weighted by Gasteiger charge is 2.11. The van der Waals surface area contributed by atoms with E-state index in [1.54, 1.807) is 0 Å². The van der Waals surface area contributed by atoms with E-state index in [1.807, 2.05) is 6.07 Å². The van der Waals surface area contributed by atoms with Crippen molar-refractivity contribution in [2.45, 2.75) is 19.8 Å². The van der Waals surface area contributed by atoms with Crippen molar-refractivity contribution >= 4 is 17.1 Å². The summed E-state index contributed by atoms with van der Waals surface area (Å²) >= 11 is 0. The predicted octanol–water partition coefficient (Wildman–Crippen LogP) is 1.87. The standard InChI is InChI=1S/C11H13N3O2/c1-6(2)7-4-8-10(13-7)14-9(5-12-8)11(15)16-3/h4-6H,1-3H3,(H,13,14). The van der Waals surface area contributed by atoms with Crippen molar-refractivity contribution in [2.24, 2.45) is 0 Å². The molecule has 0 saturated carbocycles. The van der Waals surface area contributed by atoms with Crippen LogP contribution in [0.25, 0.3) is 11.2 Å². The van der Waals surface area contributed by atoms with Crippen molar-refractivity contribution < 1.29 is 9.53 Å². The van der Waals surface area contributed by atoms with Crippen LogP contribution in [0.2, 0.25) is 0 Å². The van der Waals surface area contributed by atoms with E-state index < -0.39 is 5.97 Å². The van der Waals surface area contributed by atoms with Crippen LogP contribution in [0.3, 0.4) is 0 Å². The average molecular weight is 219 g/mol. The lowest BCUT2D eigenvalue weighted by Crippen LogP contribution is -2.04. The first kappa shape index (κ1) is 10.6. The highest BCUT2D eigenvalue weighted by Crippen LogP contribution is 2.18. The van der Waals surface area contributed by atoms with Gasteiger partial charge in [-0.05, 0) is 12.0 Å². The Kier molecular flexibility index (Phi) is 2.60. The minimum absolute atomic E-state index is 0.215. The van der Waals surface area contributed by atoms with E-state index in [4.69, 9.17) is 0 Å². The molecule has 0 atom stereocenters. The molecule has 84 valence electrons. The third kappa shape index (κ3) is 1.76. The first-order valence-electron chi connectivity index (χ1n) is 5.05. The van der Waals surface area contributed by atoms with Gasteiger partial charge in [-0.1, -0.05) is 13.8 Å². The largest absolute Gasteiger partial charge is 0.464 e. The van der Waals surface area contributed by atoms with Crippen LogP contribution in [0.1, 0.15) is 35.9 Å². The molecule has 0 fully saturated rings. The van der Waals surface area contributed by atoms with Crippen LogP contribution in [0.15, 0.2) is 12.3 Å². The topological polar surface area (TPSA) is 67.9 Å². The maximum Gasteiger partial charge on any atom is 0.358 e. The smallest absolute Gasteiger partial charge is 0.358 e. The van der Waals surface area contributed by atoms with Crippen LogP contribution >= 0.6 is 0 Å². The molecule has 0 aliphatic heterocycles. The number of methoxy groups -OCH3 is 1. The van der Waals surface area contributed by atoms with E-state index in [0.717, 1.165) is 11.2 Å². The van der Waals surface area contributed by atoms with Gasteiger partial charge in [0, 0.05) is 5.69 Å². The fourth-order valence-corrected chi connectivity index (χ4v) is 1.43. The van der Waals surface area contributed by atoms with Gasteiger partial charge in [-0.25, -0.2) is 9.78 Å². The summed E-state index contributed by atoms with van der Waals surface area (Å²) in [5.74, 6) is -0.104. The third-order valence-corrected chi connectivity index (χ3v) is 2.37. The predicted molar refractivity (Wildman–Crippen MR) is 59.3 cm³/mol. The fourth-order valence-electron chi connectivity index (χ4n) is 1.43. The van der Waals surface area contributed by atoms with E-state index in [-0.39, 0.29) is 5.69 Å². The Hall–Kier alpha value is -1.91. The number of esters is 1. The van der Waals surface area contributed by atoms with Crippen LogP contribution in [0.5, 0.6) is 0 Å². The SMILES string of the molecule is COC(=O)c1cnc2cc(C(C)C)[nH]c2n1. The molecular weight excluding hydrogens is 206 g/mol. The molecular formula is C11H13N3O2. The monoisotopic (exact) mass is 219 g/mol. The summed E-state index contributed by atoms with van der Waals surface area (Å²) in [6.07, 6.45) is 1.42. The van der Waals surface area contributed by atoms with Gasteiger partial charge in [0.1, 0.15) is 5.52 Å². The number of H-pyrrole nitrogens is 1. The quantitative estimate of drug-likeness (QED) is 0.783. The number of fused-ring (bicyclic) bond motifs is 1. The van der Waals surface area contributed by atoms with Gasteiger partial charge in [-0.2, -0.15) is 0 Å². The molecule has 16 heavy (non-hydrogen) atoms. The minimum atomic E-state index is -0.477. The maximum absolute atomic E-state index is 11.3. The van der Waals surface area contributed by atoms with Crippen LogP contribution in [0, 0.1) is 0 Å². The van der Waals surface area contributed by atoms with Crippen molar-refractivity contribution in [1.29, 1.82) is 0 Å². The molecule has 0 aliphatic rings. The van der Waals surface area contributed by atoms with Crippen LogP contribution < -0.4 is 0 Å². The van der Waals surface area contributed by atoms with E-state index in [2.05, 4.69) is 33.5 Å². The maximum atomic E-state index is 11.3. The molecule has 5 nitrogen and oxygen atoms in total. The summed E-state index contributed by atoms with van der Waals surface area (Å²) in [5, 5.41) is 0. The van der Waals surface area contributed by atoms with Gasteiger partial charge in [0.15, 0.2) is 11.3 Å². The van der Waals surface area contributed by atoms with Crippen molar-refractivity contribution in [3.05, 3.63) is 23.7 Å². The number of carbonyl (C=O) groups excluding carboxylic acids is 1. The number of ether oxygens (including phenoxy) is 1. The van der Waals surface area contributed by atoms with Crippen LogP contribution in [-0.2, 0) is 4.74 Å². The van der Waals surface area contributed by atoms with Crippen LogP contribution in [0.4, 0.5) is 0 Å². The van der Waals surface area contributed by atoms with Gasteiger partial charge in [0.2, 0.25) is 0 Å². The molecule has 5 heteroatoms. The Morgan fingerprint density at radius 2 is 2.25 bits per heavy atom. The summed E-state index contributed by atoms with van der Waals surface area (Å²) in [6.45, 7) is 4.15. The number of hydrogen-bond acceptors (Lipinski definition) is 4. The summed E-state index contributed by atoms with van der Waals surface area (Å²) in [4.78, 5) is 22.7. The lowest BCUT2D eigenvalue weighted by atomic mass is 10.1. The molecule has 2 heterocycles. The molecule has 2 rings (SSSR count). The molecule has 2 aromatic heterocycles. The zero-order valence-electron chi connectivity index (χ0n) is 9.44. The normalized spacial score (nSPS) is 11.0. The summed E-state index contributed by atoms with van der Waals surface area (Å²) in [7, 11) is 1.32. The number of nitrogens with one attached hydrogen (secondary N) is 1. The summed E-state index contributed by atoms with van der Waals surface area (Å²) in [6, 6.07) is 1.94. The van der Waals surface area contributed by atoms with Crippen molar-refractivity contribution in [3.8, 4) is 0 Å². The molecule has 1 N–H and O–H groups in total. The second-order valence-electron chi connectivity index (χ2n) is 3.86. The highest BCUT2D eigenvalue weighted by molar-refractivity contribution is 5.88. The Morgan fingerprint density at radius 3 is 2.88 bits per heavy atom. The van der Waals surface area contributed by atoms with Crippen LogP contribution in [-0.4, -0.2) is 28.0 Å². The van der Waals surface area contributed by atoms with Crippen molar-refractivity contribution in [2.75, 3.05) is 7.11 Å².